The Morgan fingerprint density at radius 3 is 2.50 bits per heavy atom. The van der Waals surface area contributed by atoms with Crippen LogP contribution >= 0.6 is 0 Å². The minimum Gasteiger partial charge on any atom is -0.467 e. The number of amides is 3. The van der Waals surface area contributed by atoms with E-state index >= 15 is 0 Å². The van der Waals surface area contributed by atoms with E-state index in [-0.39, 0.29) is 23.6 Å². The molecular formula is C24H18N4O4. The summed E-state index contributed by atoms with van der Waals surface area (Å²) in [6.07, 6.45) is 6.83. The molecule has 0 bridgehead atoms. The second kappa shape index (κ2) is 7.99. The maximum atomic E-state index is 12.8. The van der Waals surface area contributed by atoms with Crippen molar-refractivity contribution in [2.45, 2.75) is 13.1 Å². The van der Waals surface area contributed by atoms with Gasteiger partial charge < -0.3 is 14.3 Å². The number of imide groups is 1. The summed E-state index contributed by atoms with van der Waals surface area (Å²) in [5.41, 5.74) is 2.49. The molecule has 32 heavy (non-hydrogen) atoms. The van der Waals surface area contributed by atoms with E-state index in [1.165, 1.54) is 18.4 Å². The molecule has 0 aliphatic carbocycles. The summed E-state index contributed by atoms with van der Waals surface area (Å²) < 4.78 is 7.19. The Labute approximate surface area is 183 Å². The molecule has 0 saturated heterocycles. The molecular weight excluding hydrogens is 408 g/mol. The third kappa shape index (κ3) is 3.69. The van der Waals surface area contributed by atoms with Gasteiger partial charge in [0.05, 0.1) is 30.3 Å². The maximum absolute atomic E-state index is 12.8. The molecule has 2 aromatic heterocycles. The second-order valence-electron chi connectivity index (χ2n) is 7.42. The highest BCUT2D eigenvalue weighted by Crippen LogP contribution is 2.26. The second-order valence-corrected chi connectivity index (χ2v) is 7.42. The quantitative estimate of drug-likeness (QED) is 0.476. The van der Waals surface area contributed by atoms with Crippen LogP contribution in [0.4, 0.5) is 5.69 Å². The number of anilines is 1. The Kier molecular flexibility index (Phi) is 4.87. The van der Waals surface area contributed by atoms with Crippen LogP contribution in [0.1, 0.15) is 42.4 Å². The number of benzene rings is 2. The van der Waals surface area contributed by atoms with Crippen molar-refractivity contribution in [1.29, 1.82) is 0 Å². The smallest absolute Gasteiger partial charge is 0.261 e. The molecule has 3 amide bonds. The minimum absolute atomic E-state index is 0.0479. The zero-order chi connectivity index (χ0) is 22.1. The molecule has 158 valence electrons. The van der Waals surface area contributed by atoms with E-state index in [1.807, 2.05) is 35.0 Å². The number of carbonyl (C=O) groups excluding carboxylic acids is 3. The summed E-state index contributed by atoms with van der Waals surface area (Å²) >= 11 is 0. The van der Waals surface area contributed by atoms with Crippen LogP contribution in [0, 0.1) is 0 Å². The van der Waals surface area contributed by atoms with Gasteiger partial charge in [-0.05, 0) is 48.0 Å². The molecule has 2 aromatic carbocycles. The van der Waals surface area contributed by atoms with Gasteiger partial charge in [-0.1, -0.05) is 12.1 Å². The van der Waals surface area contributed by atoms with Crippen LogP contribution in [0.5, 0.6) is 0 Å². The Bertz CT molecular complexity index is 1290. The van der Waals surface area contributed by atoms with Crippen molar-refractivity contribution in [2.75, 3.05) is 5.32 Å². The molecule has 8 nitrogen and oxygen atoms in total. The summed E-state index contributed by atoms with van der Waals surface area (Å²) in [6, 6.07) is 15.4. The van der Waals surface area contributed by atoms with Crippen LogP contribution in [0.2, 0.25) is 0 Å². The van der Waals surface area contributed by atoms with Crippen LogP contribution < -0.4 is 5.32 Å². The van der Waals surface area contributed by atoms with Gasteiger partial charge in [0, 0.05) is 30.2 Å². The highest BCUT2D eigenvalue weighted by atomic mass is 16.3. The van der Waals surface area contributed by atoms with Gasteiger partial charge in [-0.2, -0.15) is 0 Å². The lowest BCUT2D eigenvalue weighted by Gasteiger charge is -2.11. The first-order chi connectivity index (χ1) is 15.6. The monoisotopic (exact) mass is 426 g/mol. The minimum atomic E-state index is -0.445. The number of hydrogen-bond donors (Lipinski definition) is 1. The lowest BCUT2D eigenvalue weighted by atomic mass is 10.1. The van der Waals surface area contributed by atoms with Gasteiger partial charge in [0.15, 0.2) is 0 Å². The van der Waals surface area contributed by atoms with E-state index in [2.05, 4.69) is 10.3 Å². The van der Waals surface area contributed by atoms with Crippen molar-refractivity contribution in [3.8, 4) is 0 Å². The lowest BCUT2D eigenvalue weighted by molar-refractivity contribution is 0.0631. The summed E-state index contributed by atoms with van der Waals surface area (Å²) in [5.74, 6) is -0.699. The van der Waals surface area contributed by atoms with Crippen LogP contribution in [-0.4, -0.2) is 32.2 Å². The largest absolute Gasteiger partial charge is 0.467 e. The molecule has 0 spiro atoms. The Hall–Kier alpha value is -4.46. The van der Waals surface area contributed by atoms with E-state index in [1.54, 1.807) is 30.7 Å². The normalized spacial score (nSPS) is 12.8. The van der Waals surface area contributed by atoms with E-state index in [0.29, 0.717) is 23.6 Å². The van der Waals surface area contributed by atoms with Crippen LogP contribution in [0.15, 0.2) is 84.0 Å². The highest BCUT2D eigenvalue weighted by Gasteiger charge is 2.36. The van der Waals surface area contributed by atoms with Gasteiger partial charge >= 0.3 is 0 Å². The predicted molar refractivity (Wildman–Crippen MR) is 115 cm³/mol. The molecule has 0 unspecified atom stereocenters. The Morgan fingerprint density at radius 2 is 1.78 bits per heavy atom. The highest BCUT2D eigenvalue weighted by molar-refractivity contribution is 6.22. The number of aromatic nitrogens is 2. The molecule has 3 heterocycles. The number of nitrogens with one attached hydrogen (secondary N) is 1. The number of imidazole rings is 1. The van der Waals surface area contributed by atoms with Gasteiger partial charge in [-0.15, -0.1) is 0 Å². The average Bonchev–Trinajstić information content (AvgIpc) is 3.55. The molecule has 0 saturated carbocycles. The number of fused-ring (bicyclic) bond motifs is 1. The van der Waals surface area contributed by atoms with Crippen molar-refractivity contribution < 1.29 is 18.8 Å². The molecule has 4 aromatic rings. The van der Waals surface area contributed by atoms with Gasteiger partial charge in [0.25, 0.3) is 17.7 Å². The molecule has 5 rings (SSSR count). The van der Waals surface area contributed by atoms with Crippen LogP contribution in [0.3, 0.4) is 0 Å². The summed E-state index contributed by atoms with van der Waals surface area (Å²) in [5, 5.41) is 2.83. The third-order valence-electron chi connectivity index (χ3n) is 5.26. The average molecular weight is 426 g/mol. The molecule has 0 radical (unpaired) electrons. The fraction of sp³-hybridized carbons (Fsp3) is 0.0833. The van der Waals surface area contributed by atoms with Crippen LogP contribution in [0.25, 0.3) is 0 Å². The van der Waals surface area contributed by atoms with Crippen molar-refractivity contribution in [1.82, 2.24) is 14.5 Å². The molecule has 0 atom stereocenters. The summed E-state index contributed by atoms with van der Waals surface area (Å²) in [4.78, 5) is 43.2. The van der Waals surface area contributed by atoms with Gasteiger partial charge in [-0.3, -0.25) is 19.3 Å². The Morgan fingerprint density at radius 1 is 0.969 bits per heavy atom. The number of nitrogens with zero attached hydrogens (tertiary/aromatic N) is 3. The summed E-state index contributed by atoms with van der Waals surface area (Å²) in [6.45, 7) is 0.732. The van der Waals surface area contributed by atoms with E-state index < -0.39 is 11.8 Å². The Balaban J connectivity index is 1.29. The van der Waals surface area contributed by atoms with E-state index in [9.17, 15) is 14.4 Å². The van der Waals surface area contributed by atoms with Crippen molar-refractivity contribution >= 4 is 23.4 Å². The fourth-order valence-corrected chi connectivity index (χ4v) is 3.62. The molecule has 8 heteroatoms. The third-order valence-corrected chi connectivity index (χ3v) is 5.26. The van der Waals surface area contributed by atoms with Gasteiger partial charge in [0.1, 0.15) is 5.76 Å². The number of carbonyl (C=O) groups is 3. The van der Waals surface area contributed by atoms with Gasteiger partial charge in [0.2, 0.25) is 0 Å². The van der Waals surface area contributed by atoms with Gasteiger partial charge in [-0.25, -0.2) is 4.98 Å². The standard InChI is InChI=1S/C24H18N4O4/c29-22(26-18-6-3-16(4-7-18)13-27-10-9-25-15-27)17-5-8-20-21(12-17)24(31)28(23(20)30)14-19-2-1-11-32-19/h1-12,15H,13-14H2,(H,26,29). The topological polar surface area (TPSA) is 97.4 Å². The first-order valence-corrected chi connectivity index (χ1v) is 9.97. The first kappa shape index (κ1) is 19.5. The maximum Gasteiger partial charge on any atom is 0.261 e. The fourth-order valence-electron chi connectivity index (χ4n) is 3.62. The summed E-state index contributed by atoms with van der Waals surface area (Å²) in [7, 11) is 0. The zero-order valence-corrected chi connectivity index (χ0v) is 16.9. The number of rotatable bonds is 6. The number of furan rings is 1. The SMILES string of the molecule is O=C(Nc1ccc(Cn2ccnc2)cc1)c1ccc2c(c1)C(=O)N(Cc1ccco1)C2=O. The van der Waals surface area contributed by atoms with E-state index in [4.69, 9.17) is 4.42 Å². The molecule has 0 fully saturated rings. The lowest BCUT2D eigenvalue weighted by Crippen LogP contribution is -2.28. The molecule has 1 aliphatic rings. The van der Waals surface area contributed by atoms with Crippen molar-refractivity contribution in [3.63, 3.8) is 0 Å². The number of hydrogen-bond acceptors (Lipinski definition) is 5. The van der Waals surface area contributed by atoms with Crippen molar-refractivity contribution in [3.05, 3.63) is 108 Å². The van der Waals surface area contributed by atoms with Crippen LogP contribution in [-0.2, 0) is 13.1 Å². The van der Waals surface area contributed by atoms with E-state index in [0.717, 1.165) is 10.5 Å². The first-order valence-electron chi connectivity index (χ1n) is 9.97. The molecule has 1 N–H and O–H groups in total. The molecule has 1 aliphatic heterocycles. The zero-order valence-electron chi connectivity index (χ0n) is 16.9. The predicted octanol–water partition coefficient (Wildman–Crippen LogP) is 3.57. The van der Waals surface area contributed by atoms with Crippen molar-refractivity contribution in [2.24, 2.45) is 0 Å².